The van der Waals surface area contributed by atoms with Gasteiger partial charge >= 0.3 is 0 Å². The van der Waals surface area contributed by atoms with Gasteiger partial charge in [-0.15, -0.1) is 0 Å². The molecule has 3 atom stereocenters. The number of halogens is 2. The van der Waals surface area contributed by atoms with Crippen LogP contribution in [0.15, 0.2) is 47.4 Å². The standard InChI is InChI=1S/C22H26F2O3S/c1-3-5-12-22(4-2)14-28(26,27)19-11-10-17(24)13-18(19)20(21(22)25)15-6-8-16(23)9-7-15/h6-11,13,20-21,25H,3-5,12,14H2,1-2H3/t20-,21?,22+/m0/s1. The summed E-state index contributed by atoms with van der Waals surface area (Å²) in [5, 5.41) is 11.5. The van der Waals surface area contributed by atoms with Crippen molar-refractivity contribution < 1.29 is 22.3 Å². The average molecular weight is 409 g/mol. The summed E-state index contributed by atoms with van der Waals surface area (Å²) >= 11 is 0. The highest BCUT2D eigenvalue weighted by molar-refractivity contribution is 7.91. The molecule has 0 radical (unpaired) electrons. The smallest absolute Gasteiger partial charge is 0.179 e. The molecule has 6 heteroatoms. The molecule has 1 heterocycles. The predicted octanol–water partition coefficient (Wildman–Crippen LogP) is 4.83. The van der Waals surface area contributed by atoms with E-state index in [2.05, 4.69) is 0 Å². The summed E-state index contributed by atoms with van der Waals surface area (Å²) in [4.78, 5) is 0.0501. The molecule has 28 heavy (non-hydrogen) atoms. The Morgan fingerprint density at radius 3 is 2.32 bits per heavy atom. The second kappa shape index (κ2) is 7.91. The fourth-order valence-electron chi connectivity index (χ4n) is 4.38. The molecule has 1 N–H and O–H groups in total. The maximum Gasteiger partial charge on any atom is 0.179 e. The topological polar surface area (TPSA) is 54.4 Å². The lowest BCUT2D eigenvalue weighted by Crippen LogP contribution is -2.42. The lowest BCUT2D eigenvalue weighted by Gasteiger charge is -2.39. The van der Waals surface area contributed by atoms with Crippen LogP contribution in [-0.4, -0.2) is 25.4 Å². The van der Waals surface area contributed by atoms with Gasteiger partial charge in [0.25, 0.3) is 0 Å². The number of rotatable bonds is 5. The first-order chi connectivity index (χ1) is 13.2. The van der Waals surface area contributed by atoms with Gasteiger partial charge in [0.15, 0.2) is 9.84 Å². The first-order valence-corrected chi connectivity index (χ1v) is 11.3. The van der Waals surface area contributed by atoms with E-state index in [4.69, 9.17) is 0 Å². The number of hydrogen-bond acceptors (Lipinski definition) is 3. The van der Waals surface area contributed by atoms with E-state index < -0.39 is 38.9 Å². The summed E-state index contributed by atoms with van der Waals surface area (Å²) < 4.78 is 54.0. The van der Waals surface area contributed by atoms with E-state index in [1.54, 1.807) is 0 Å². The van der Waals surface area contributed by atoms with E-state index in [9.17, 15) is 22.3 Å². The van der Waals surface area contributed by atoms with Crippen LogP contribution in [0.2, 0.25) is 0 Å². The normalized spacial score (nSPS) is 26.5. The summed E-state index contributed by atoms with van der Waals surface area (Å²) in [6, 6.07) is 9.24. The van der Waals surface area contributed by atoms with Crippen LogP contribution in [0.5, 0.6) is 0 Å². The predicted molar refractivity (Wildman–Crippen MR) is 105 cm³/mol. The van der Waals surface area contributed by atoms with Gasteiger partial charge in [0, 0.05) is 11.3 Å². The molecule has 2 aromatic carbocycles. The Hall–Kier alpha value is -1.79. The van der Waals surface area contributed by atoms with Gasteiger partial charge in [-0.05, 0) is 54.3 Å². The minimum Gasteiger partial charge on any atom is -0.392 e. The van der Waals surface area contributed by atoms with Gasteiger partial charge in [-0.25, -0.2) is 17.2 Å². The van der Waals surface area contributed by atoms with Gasteiger partial charge < -0.3 is 5.11 Å². The van der Waals surface area contributed by atoms with Crippen molar-refractivity contribution in [3.8, 4) is 0 Å². The molecule has 0 fully saturated rings. The van der Waals surface area contributed by atoms with Crippen molar-refractivity contribution in [1.82, 2.24) is 0 Å². The van der Waals surface area contributed by atoms with E-state index in [1.165, 1.54) is 36.4 Å². The van der Waals surface area contributed by atoms with Crippen LogP contribution < -0.4 is 0 Å². The molecule has 0 bridgehead atoms. The third-order valence-electron chi connectivity index (χ3n) is 6.02. The molecule has 1 aliphatic rings. The van der Waals surface area contributed by atoms with Crippen LogP contribution in [0, 0.1) is 17.0 Å². The van der Waals surface area contributed by atoms with Crippen molar-refractivity contribution in [2.45, 2.75) is 56.4 Å². The van der Waals surface area contributed by atoms with Crippen molar-refractivity contribution in [3.05, 3.63) is 65.2 Å². The SMILES string of the molecule is CCCC[C@]1(CC)CS(=O)(=O)c2ccc(F)cc2[C@H](c2ccc(F)cc2)C1O. The number of aliphatic hydroxyl groups is 1. The van der Waals surface area contributed by atoms with Crippen molar-refractivity contribution in [1.29, 1.82) is 0 Å². The molecule has 152 valence electrons. The highest BCUT2D eigenvalue weighted by Crippen LogP contribution is 2.48. The Kier molecular flexibility index (Phi) is 5.92. The highest BCUT2D eigenvalue weighted by atomic mass is 32.2. The number of unbranched alkanes of at least 4 members (excludes halogenated alkanes) is 1. The quantitative estimate of drug-likeness (QED) is 0.721. The van der Waals surface area contributed by atoms with Gasteiger partial charge in [0.1, 0.15) is 11.6 Å². The number of fused-ring (bicyclic) bond motifs is 1. The Morgan fingerprint density at radius 1 is 1.07 bits per heavy atom. The van der Waals surface area contributed by atoms with Crippen molar-refractivity contribution in [3.63, 3.8) is 0 Å². The van der Waals surface area contributed by atoms with E-state index in [-0.39, 0.29) is 16.2 Å². The van der Waals surface area contributed by atoms with Crippen LogP contribution in [0.3, 0.4) is 0 Å². The molecule has 0 saturated heterocycles. The minimum atomic E-state index is -3.73. The monoisotopic (exact) mass is 408 g/mol. The number of sulfone groups is 1. The van der Waals surface area contributed by atoms with Crippen LogP contribution in [0.25, 0.3) is 0 Å². The lowest BCUT2D eigenvalue weighted by atomic mass is 9.69. The minimum absolute atomic E-state index is 0.0501. The maximum atomic E-state index is 14.1. The van der Waals surface area contributed by atoms with Crippen LogP contribution in [0.1, 0.15) is 56.6 Å². The molecule has 0 saturated carbocycles. The molecule has 1 unspecified atom stereocenters. The molecule has 2 aromatic rings. The zero-order chi connectivity index (χ0) is 20.5. The van der Waals surface area contributed by atoms with Gasteiger partial charge in [-0.3, -0.25) is 0 Å². The van der Waals surface area contributed by atoms with E-state index in [0.717, 1.165) is 18.9 Å². The number of aliphatic hydroxyl groups excluding tert-OH is 1. The van der Waals surface area contributed by atoms with Crippen molar-refractivity contribution in [2.75, 3.05) is 5.75 Å². The largest absolute Gasteiger partial charge is 0.392 e. The zero-order valence-electron chi connectivity index (χ0n) is 16.2. The van der Waals surface area contributed by atoms with Gasteiger partial charge in [0.05, 0.1) is 16.8 Å². The fourth-order valence-corrected chi connectivity index (χ4v) is 6.63. The maximum absolute atomic E-state index is 14.1. The Bertz CT molecular complexity index is 941. The Morgan fingerprint density at radius 2 is 1.71 bits per heavy atom. The molecule has 1 aliphatic heterocycles. The van der Waals surface area contributed by atoms with E-state index in [0.29, 0.717) is 18.4 Å². The molecular formula is C22H26F2O3S. The second-order valence-electron chi connectivity index (χ2n) is 7.73. The molecule has 3 rings (SSSR count). The van der Waals surface area contributed by atoms with Gasteiger partial charge in [-0.1, -0.05) is 38.8 Å². The highest BCUT2D eigenvalue weighted by Gasteiger charge is 2.48. The third kappa shape index (κ3) is 3.72. The van der Waals surface area contributed by atoms with Crippen molar-refractivity contribution in [2.24, 2.45) is 5.41 Å². The van der Waals surface area contributed by atoms with Gasteiger partial charge in [-0.2, -0.15) is 0 Å². The zero-order valence-corrected chi connectivity index (χ0v) is 17.0. The summed E-state index contributed by atoms with van der Waals surface area (Å²) in [7, 11) is -3.73. The average Bonchev–Trinajstić information content (AvgIpc) is 2.72. The second-order valence-corrected chi connectivity index (χ2v) is 9.69. The Balaban J connectivity index is 2.28. The first kappa shape index (κ1) is 20.9. The van der Waals surface area contributed by atoms with E-state index >= 15 is 0 Å². The molecule has 0 spiro atoms. The Labute approximate surface area is 165 Å². The summed E-state index contributed by atoms with van der Waals surface area (Å²) in [5.74, 6) is -1.92. The fraction of sp³-hybridized carbons (Fsp3) is 0.455. The molecule has 0 aliphatic carbocycles. The van der Waals surface area contributed by atoms with Crippen LogP contribution in [-0.2, 0) is 9.84 Å². The number of benzene rings is 2. The summed E-state index contributed by atoms with van der Waals surface area (Å²) in [6.45, 7) is 3.90. The van der Waals surface area contributed by atoms with Gasteiger partial charge in [0.2, 0.25) is 0 Å². The van der Waals surface area contributed by atoms with Crippen LogP contribution >= 0.6 is 0 Å². The van der Waals surface area contributed by atoms with Crippen LogP contribution in [0.4, 0.5) is 8.78 Å². The molecular weight excluding hydrogens is 382 g/mol. The van der Waals surface area contributed by atoms with Crippen molar-refractivity contribution >= 4 is 9.84 Å². The third-order valence-corrected chi connectivity index (χ3v) is 8.02. The molecule has 0 aromatic heterocycles. The summed E-state index contributed by atoms with van der Waals surface area (Å²) in [5.41, 5.74) is -0.0401. The number of hydrogen-bond donors (Lipinski definition) is 1. The molecule has 0 amide bonds. The van der Waals surface area contributed by atoms with E-state index in [1.807, 2.05) is 13.8 Å². The first-order valence-electron chi connectivity index (χ1n) is 9.70. The summed E-state index contributed by atoms with van der Waals surface area (Å²) in [6.07, 6.45) is 1.64. The lowest BCUT2D eigenvalue weighted by molar-refractivity contribution is 0.0173. The molecule has 3 nitrogen and oxygen atoms in total.